The summed E-state index contributed by atoms with van der Waals surface area (Å²) in [5.41, 5.74) is -3.46. The van der Waals surface area contributed by atoms with Gasteiger partial charge in [0.1, 0.15) is 10.7 Å². The highest BCUT2D eigenvalue weighted by atomic mass is 32.2. The number of alkyl halides is 3. The van der Waals surface area contributed by atoms with Crippen LogP contribution in [0.5, 0.6) is 5.75 Å². The fraction of sp³-hybridized carbons (Fsp3) is 0.368. The summed E-state index contributed by atoms with van der Waals surface area (Å²) < 4.78 is 86.4. The van der Waals surface area contributed by atoms with Crippen LogP contribution in [0.1, 0.15) is 36.3 Å². The lowest BCUT2D eigenvalue weighted by Crippen LogP contribution is -2.23. The third kappa shape index (κ3) is 5.85. The Morgan fingerprint density at radius 2 is 1.94 bits per heavy atom. The van der Waals surface area contributed by atoms with E-state index in [-0.39, 0.29) is 24.4 Å². The van der Waals surface area contributed by atoms with Gasteiger partial charge in [-0.05, 0) is 32.0 Å². The zero-order valence-corrected chi connectivity index (χ0v) is 18.1. The van der Waals surface area contributed by atoms with Crippen molar-refractivity contribution in [2.24, 2.45) is 11.4 Å². The number of aliphatic hydroxyl groups is 1. The molecule has 1 aromatic heterocycles. The molecule has 0 saturated carbocycles. The van der Waals surface area contributed by atoms with Crippen molar-refractivity contribution in [1.82, 2.24) is 4.57 Å². The summed E-state index contributed by atoms with van der Waals surface area (Å²) in [6.45, 7) is 5.77. The van der Waals surface area contributed by atoms with Gasteiger partial charge in [-0.2, -0.15) is 26.0 Å². The molecule has 0 atom stereocenters. The molecule has 32 heavy (non-hydrogen) atoms. The third-order valence-electron chi connectivity index (χ3n) is 4.26. The average molecular weight is 479 g/mol. The number of hydrogen-bond acceptors (Lipinski definition) is 5. The number of carbonyl (C=O) groups is 1. The average Bonchev–Trinajstić information content (AvgIpc) is 2.98. The quantitative estimate of drug-likeness (QED) is 0.446. The van der Waals surface area contributed by atoms with Gasteiger partial charge in [0.05, 0.1) is 17.8 Å². The Labute approximate surface area is 181 Å². The van der Waals surface area contributed by atoms with Crippen molar-refractivity contribution in [2.45, 2.75) is 36.9 Å². The second kappa shape index (κ2) is 8.90. The van der Waals surface area contributed by atoms with Crippen molar-refractivity contribution in [3.63, 3.8) is 0 Å². The maximum Gasteiger partial charge on any atom is 0.419 e. The van der Waals surface area contributed by atoms with Gasteiger partial charge in [-0.3, -0.25) is 4.79 Å². The van der Waals surface area contributed by atoms with Gasteiger partial charge in [0.2, 0.25) is 0 Å². The van der Waals surface area contributed by atoms with Crippen LogP contribution in [0.3, 0.4) is 0 Å². The van der Waals surface area contributed by atoms with Gasteiger partial charge in [0.25, 0.3) is 15.9 Å². The Bertz CT molecular complexity index is 1140. The SMILES string of the molecule is C=NS(=O)(=O)c1cn(C)c(C(=O)Nc2ccc(F)c(C(F)(F)F)c2)c1OCCC(C)(C)O. The van der Waals surface area contributed by atoms with E-state index >= 15 is 0 Å². The number of ether oxygens (including phenoxy) is 1. The number of amides is 1. The molecule has 2 rings (SSSR count). The largest absolute Gasteiger partial charge is 0.490 e. The third-order valence-corrected chi connectivity index (χ3v) is 5.44. The topological polar surface area (TPSA) is 110 Å². The summed E-state index contributed by atoms with van der Waals surface area (Å²) in [6.07, 6.45) is -3.89. The molecule has 1 heterocycles. The van der Waals surface area contributed by atoms with E-state index in [1.54, 1.807) is 0 Å². The maximum atomic E-state index is 13.5. The van der Waals surface area contributed by atoms with Gasteiger partial charge >= 0.3 is 6.18 Å². The lowest BCUT2D eigenvalue weighted by molar-refractivity contribution is -0.139. The summed E-state index contributed by atoms with van der Waals surface area (Å²) in [5.74, 6) is -2.95. The minimum absolute atomic E-state index is 0.0663. The number of nitrogens with one attached hydrogen (secondary N) is 1. The second-order valence-electron chi connectivity index (χ2n) is 7.44. The molecule has 1 aromatic carbocycles. The molecule has 0 bridgehead atoms. The molecule has 0 aliphatic carbocycles. The van der Waals surface area contributed by atoms with Crippen LogP contribution in [0.15, 0.2) is 33.7 Å². The number of halogens is 4. The molecule has 0 unspecified atom stereocenters. The molecule has 0 aliphatic rings. The Morgan fingerprint density at radius 3 is 2.47 bits per heavy atom. The van der Waals surface area contributed by atoms with Crippen molar-refractivity contribution in [3.05, 3.63) is 41.5 Å². The first-order chi connectivity index (χ1) is 14.6. The van der Waals surface area contributed by atoms with Gasteiger partial charge in [0.15, 0.2) is 11.4 Å². The van der Waals surface area contributed by atoms with E-state index in [0.29, 0.717) is 12.1 Å². The van der Waals surface area contributed by atoms with Crippen LogP contribution in [-0.4, -0.2) is 42.9 Å². The fourth-order valence-corrected chi connectivity index (χ4v) is 3.47. The van der Waals surface area contributed by atoms with Crippen LogP contribution in [0.4, 0.5) is 23.2 Å². The number of aromatic nitrogens is 1. The predicted octanol–water partition coefficient (Wildman–Crippen LogP) is 3.36. The molecule has 0 aliphatic heterocycles. The van der Waals surface area contributed by atoms with E-state index in [1.807, 2.05) is 0 Å². The minimum atomic E-state index is -4.99. The number of rotatable bonds is 8. The van der Waals surface area contributed by atoms with Crippen LogP contribution < -0.4 is 10.1 Å². The van der Waals surface area contributed by atoms with Crippen LogP contribution in [0.2, 0.25) is 0 Å². The van der Waals surface area contributed by atoms with E-state index in [4.69, 9.17) is 4.74 Å². The van der Waals surface area contributed by atoms with E-state index in [2.05, 4.69) is 16.4 Å². The number of hydrogen-bond donors (Lipinski definition) is 2. The number of anilines is 1. The monoisotopic (exact) mass is 479 g/mol. The highest BCUT2D eigenvalue weighted by Crippen LogP contribution is 2.35. The van der Waals surface area contributed by atoms with Crippen LogP contribution in [0.25, 0.3) is 0 Å². The van der Waals surface area contributed by atoms with E-state index in [0.717, 1.165) is 16.8 Å². The number of benzene rings is 1. The van der Waals surface area contributed by atoms with Crippen molar-refractivity contribution in [2.75, 3.05) is 11.9 Å². The molecule has 8 nitrogen and oxygen atoms in total. The second-order valence-corrected chi connectivity index (χ2v) is 9.09. The first kappa shape index (κ1) is 25.3. The van der Waals surface area contributed by atoms with Crippen molar-refractivity contribution >= 4 is 28.3 Å². The Hall–Kier alpha value is -2.93. The molecule has 13 heteroatoms. The van der Waals surface area contributed by atoms with Crippen molar-refractivity contribution in [1.29, 1.82) is 0 Å². The maximum absolute atomic E-state index is 13.5. The van der Waals surface area contributed by atoms with E-state index < -0.39 is 49.7 Å². The molecular formula is C19H21F4N3O5S. The summed E-state index contributed by atoms with van der Waals surface area (Å²) in [4.78, 5) is 12.3. The molecule has 0 spiro atoms. The summed E-state index contributed by atoms with van der Waals surface area (Å²) >= 11 is 0. The molecule has 0 fully saturated rings. The molecule has 0 radical (unpaired) electrons. The summed E-state index contributed by atoms with van der Waals surface area (Å²) in [5, 5.41) is 12.0. The van der Waals surface area contributed by atoms with Crippen LogP contribution in [0, 0.1) is 5.82 Å². The number of sulfonamides is 1. The molecule has 0 saturated heterocycles. The lowest BCUT2D eigenvalue weighted by Gasteiger charge is -2.18. The molecule has 176 valence electrons. The van der Waals surface area contributed by atoms with Crippen LogP contribution in [-0.2, 0) is 23.2 Å². The fourth-order valence-electron chi connectivity index (χ4n) is 2.65. The van der Waals surface area contributed by atoms with Gasteiger partial charge in [-0.25, -0.2) is 4.39 Å². The Balaban J connectivity index is 2.47. The number of aryl methyl sites for hydroxylation is 1. The van der Waals surface area contributed by atoms with E-state index in [9.17, 15) is 35.9 Å². The standard InChI is InChI=1S/C19H21F4N3O5S/c1-18(2,28)7-8-31-16-14(32(29,30)24-3)10-26(4)15(16)17(27)25-11-5-6-13(20)12(9-11)19(21,22)23/h5-6,9-10,28H,3,7-8H2,1-2,4H3,(H,25,27). The highest BCUT2D eigenvalue weighted by molar-refractivity contribution is 7.90. The zero-order chi connectivity index (χ0) is 24.5. The lowest BCUT2D eigenvalue weighted by atomic mass is 10.1. The molecule has 2 N–H and O–H groups in total. The zero-order valence-electron chi connectivity index (χ0n) is 17.3. The Morgan fingerprint density at radius 1 is 1.31 bits per heavy atom. The minimum Gasteiger partial charge on any atom is -0.490 e. The van der Waals surface area contributed by atoms with E-state index in [1.165, 1.54) is 20.9 Å². The summed E-state index contributed by atoms with van der Waals surface area (Å²) in [7, 11) is -3.00. The normalized spacial score (nSPS) is 12.5. The molecule has 2 aromatic rings. The molecule has 1 amide bonds. The van der Waals surface area contributed by atoms with Gasteiger partial charge < -0.3 is 19.7 Å². The van der Waals surface area contributed by atoms with Gasteiger partial charge in [-0.15, -0.1) is 0 Å². The first-order valence-corrected chi connectivity index (χ1v) is 10.5. The van der Waals surface area contributed by atoms with Gasteiger partial charge in [-0.1, -0.05) is 0 Å². The molecular weight excluding hydrogens is 458 g/mol. The van der Waals surface area contributed by atoms with Crippen molar-refractivity contribution in [3.8, 4) is 5.75 Å². The smallest absolute Gasteiger partial charge is 0.419 e. The Kier molecular flexibility index (Phi) is 7.05. The predicted molar refractivity (Wildman–Crippen MR) is 108 cm³/mol. The number of nitrogens with zero attached hydrogens (tertiary/aromatic N) is 2. The van der Waals surface area contributed by atoms with Gasteiger partial charge in [0, 0.05) is 32.1 Å². The summed E-state index contributed by atoms with van der Waals surface area (Å²) in [6, 6.07) is 1.87. The highest BCUT2D eigenvalue weighted by Gasteiger charge is 2.35. The first-order valence-electron chi connectivity index (χ1n) is 9.02. The van der Waals surface area contributed by atoms with Crippen molar-refractivity contribution < 1.29 is 40.6 Å². The van der Waals surface area contributed by atoms with Crippen LogP contribution >= 0.6 is 0 Å². The number of carbonyl (C=O) groups excluding carboxylic acids is 1.